The molecule has 0 aromatic carbocycles. The second-order valence-electron chi connectivity index (χ2n) is 1.53. The van der Waals surface area contributed by atoms with Crippen molar-refractivity contribution in [1.29, 1.82) is 0 Å². The molecule has 1 rings (SSSR count). The first kappa shape index (κ1) is 4.91. The molecule has 1 N–H and O–H groups in total. The first-order chi connectivity index (χ1) is 3.43. The minimum atomic E-state index is 0.390. The molecule has 1 aliphatic rings. The van der Waals surface area contributed by atoms with E-state index in [2.05, 4.69) is 10.5 Å². The van der Waals surface area contributed by atoms with Crippen LogP contribution in [0.25, 0.3) is 0 Å². The third kappa shape index (κ3) is 1.06. The molecule has 0 fully saturated rings. The largest absolute Gasteiger partial charge is 0.306 e. The molecule has 1 heterocycles. The van der Waals surface area contributed by atoms with Crippen molar-refractivity contribution in [2.45, 2.75) is 12.5 Å². The van der Waals surface area contributed by atoms with Crippen LogP contribution in [0, 0.1) is 0 Å². The van der Waals surface area contributed by atoms with Crippen LogP contribution in [0.5, 0.6) is 0 Å². The van der Waals surface area contributed by atoms with E-state index in [1.54, 1.807) is 0 Å². The van der Waals surface area contributed by atoms with Crippen molar-refractivity contribution in [3.8, 4) is 0 Å². The fourth-order valence-electron chi connectivity index (χ4n) is 0.488. The maximum absolute atomic E-state index is 5.47. The van der Waals surface area contributed by atoms with Crippen molar-refractivity contribution in [1.82, 2.24) is 5.43 Å². The zero-order chi connectivity index (χ0) is 5.11. The molecule has 1 atom stereocenters. The van der Waals surface area contributed by atoms with E-state index < -0.39 is 0 Å². The average Bonchev–Trinajstić information content (AvgIpc) is 2.14. The zero-order valence-corrected chi connectivity index (χ0v) is 4.65. The van der Waals surface area contributed by atoms with Gasteiger partial charge in [0.25, 0.3) is 0 Å². The van der Waals surface area contributed by atoms with Gasteiger partial charge >= 0.3 is 0 Å². The van der Waals surface area contributed by atoms with Gasteiger partial charge < -0.3 is 5.43 Å². The summed E-state index contributed by atoms with van der Waals surface area (Å²) < 4.78 is 0. The van der Waals surface area contributed by atoms with Gasteiger partial charge in [-0.15, -0.1) is 11.6 Å². The molecule has 0 saturated carbocycles. The topological polar surface area (TPSA) is 24.4 Å². The van der Waals surface area contributed by atoms with Crippen molar-refractivity contribution in [3.05, 3.63) is 0 Å². The summed E-state index contributed by atoms with van der Waals surface area (Å²) in [6.45, 7) is 0. The lowest BCUT2D eigenvalue weighted by molar-refractivity contribution is 0.641. The first-order valence-electron chi connectivity index (χ1n) is 2.26. The quantitative estimate of drug-likeness (QED) is 0.501. The lowest BCUT2D eigenvalue weighted by atomic mass is 10.3. The molecule has 0 aromatic rings. The molecule has 0 spiro atoms. The van der Waals surface area contributed by atoms with E-state index in [-0.39, 0.29) is 0 Å². The zero-order valence-electron chi connectivity index (χ0n) is 3.89. The van der Waals surface area contributed by atoms with E-state index >= 15 is 0 Å². The molecule has 1 unspecified atom stereocenters. The summed E-state index contributed by atoms with van der Waals surface area (Å²) in [5, 5.41) is 3.78. The van der Waals surface area contributed by atoms with Crippen LogP contribution in [0.3, 0.4) is 0 Å². The number of halogens is 1. The van der Waals surface area contributed by atoms with Crippen LogP contribution in [0.2, 0.25) is 0 Å². The van der Waals surface area contributed by atoms with E-state index in [0.717, 1.165) is 6.42 Å². The van der Waals surface area contributed by atoms with E-state index in [1.807, 2.05) is 6.21 Å². The molecule has 0 saturated heterocycles. The van der Waals surface area contributed by atoms with Crippen LogP contribution in [0.4, 0.5) is 0 Å². The Morgan fingerprint density at radius 2 is 2.86 bits per heavy atom. The normalized spacial score (nSPS) is 27.9. The highest BCUT2D eigenvalue weighted by molar-refractivity contribution is 6.18. The van der Waals surface area contributed by atoms with Gasteiger partial charge in [-0.1, -0.05) is 0 Å². The summed E-state index contributed by atoms with van der Waals surface area (Å²) in [6.07, 6.45) is 2.82. The van der Waals surface area contributed by atoms with Crippen LogP contribution in [-0.4, -0.2) is 18.1 Å². The van der Waals surface area contributed by atoms with Crippen molar-refractivity contribution >= 4 is 17.8 Å². The van der Waals surface area contributed by atoms with Crippen LogP contribution >= 0.6 is 11.6 Å². The molecule has 40 valence electrons. The molecule has 1 aliphatic heterocycles. The molecule has 0 aromatic heterocycles. The number of nitrogens with zero attached hydrogens (tertiary/aromatic N) is 1. The highest BCUT2D eigenvalue weighted by Gasteiger charge is 2.06. The van der Waals surface area contributed by atoms with Crippen molar-refractivity contribution in [3.63, 3.8) is 0 Å². The summed E-state index contributed by atoms with van der Waals surface area (Å²) in [5.74, 6) is 0.653. The predicted octanol–water partition coefficient (Wildman–Crippen LogP) is 0.573. The summed E-state index contributed by atoms with van der Waals surface area (Å²) in [4.78, 5) is 0. The molecule has 2 nitrogen and oxygen atoms in total. The Balaban J connectivity index is 2.22. The van der Waals surface area contributed by atoms with Gasteiger partial charge in [0.05, 0.1) is 6.04 Å². The van der Waals surface area contributed by atoms with Gasteiger partial charge in [-0.05, 0) is 0 Å². The maximum atomic E-state index is 5.47. The third-order valence-electron chi connectivity index (χ3n) is 0.925. The van der Waals surface area contributed by atoms with Crippen LogP contribution in [0.15, 0.2) is 5.10 Å². The number of hydrogen-bond acceptors (Lipinski definition) is 2. The second kappa shape index (κ2) is 2.17. The molecule has 0 amide bonds. The molecular weight excluding hydrogens is 112 g/mol. The van der Waals surface area contributed by atoms with Crippen LogP contribution in [-0.2, 0) is 0 Å². The monoisotopic (exact) mass is 118 g/mol. The second-order valence-corrected chi connectivity index (χ2v) is 1.84. The Labute approximate surface area is 47.5 Å². The smallest absolute Gasteiger partial charge is 0.0625 e. The maximum Gasteiger partial charge on any atom is 0.0625 e. The number of nitrogens with one attached hydrogen (secondary N) is 1. The highest BCUT2D eigenvalue weighted by atomic mass is 35.5. The Hall–Kier alpha value is -0.240. The van der Waals surface area contributed by atoms with Gasteiger partial charge in [0.2, 0.25) is 0 Å². The summed E-state index contributed by atoms with van der Waals surface area (Å²) in [6, 6.07) is 0.390. The molecule has 0 radical (unpaired) electrons. The van der Waals surface area contributed by atoms with E-state index in [9.17, 15) is 0 Å². The number of alkyl halides is 1. The van der Waals surface area contributed by atoms with Crippen LogP contribution < -0.4 is 5.43 Å². The minimum Gasteiger partial charge on any atom is -0.306 e. The molecule has 0 bridgehead atoms. The summed E-state index contributed by atoms with van der Waals surface area (Å²) in [5.41, 5.74) is 2.84. The fourth-order valence-corrected chi connectivity index (χ4v) is 0.683. The van der Waals surface area contributed by atoms with Gasteiger partial charge in [0.15, 0.2) is 0 Å². The Morgan fingerprint density at radius 1 is 2.00 bits per heavy atom. The number of hydrazone groups is 1. The standard InChI is InChI=1S/C4H7ClN2/c5-3-4-1-2-6-7-4/h2,4,7H,1,3H2. The van der Waals surface area contributed by atoms with Gasteiger partial charge in [-0.2, -0.15) is 5.10 Å². The van der Waals surface area contributed by atoms with E-state index in [0.29, 0.717) is 11.9 Å². The van der Waals surface area contributed by atoms with Gasteiger partial charge in [-0.25, -0.2) is 0 Å². The lowest BCUT2D eigenvalue weighted by Gasteiger charge is -2.00. The minimum absolute atomic E-state index is 0.390. The van der Waals surface area contributed by atoms with Crippen molar-refractivity contribution < 1.29 is 0 Å². The van der Waals surface area contributed by atoms with Gasteiger partial charge in [0.1, 0.15) is 0 Å². The molecule has 3 heteroatoms. The third-order valence-corrected chi connectivity index (χ3v) is 1.30. The highest BCUT2D eigenvalue weighted by Crippen LogP contribution is 1.96. The molecule has 0 aliphatic carbocycles. The summed E-state index contributed by atoms with van der Waals surface area (Å²) >= 11 is 5.47. The Morgan fingerprint density at radius 3 is 3.14 bits per heavy atom. The van der Waals surface area contributed by atoms with Crippen molar-refractivity contribution in [2.24, 2.45) is 5.10 Å². The lowest BCUT2D eigenvalue weighted by Crippen LogP contribution is -2.20. The number of hydrogen-bond donors (Lipinski definition) is 1. The fraction of sp³-hybridized carbons (Fsp3) is 0.750. The van der Waals surface area contributed by atoms with E-state index in [1.165, 1.54) is 0 Å². The Kier molecular flexibility index (Phi) is 1.52. The first-order valence-corrected chi connectivity index (χ1v) is 2.80. The van der Waals surface area contributed by atoms with Gasteiger partial charge in [0, 0.05) is 18.5 Å². The van der Waals surface area contributed by atoms with Gasteiger partial charge in [-0.3, -0.25) is 0 Å². The SMILES string of the molecule is ClCC1CC=NN1. The molecule has 7 heavy (non-hydrogen) atoms. The van der Waals surface area contributed by atoms with E-state index in [4.69, 9.17) is 11.6 Å². The predicted molar refractivity (Wildman–Crippen MR) is 30.8 cm³/mol. The average molecular weight is 119 g/mol. The number of rotatable bonds is 1. The summed E-state index contributed by atoms with van der Waals surface area (Å²) in [7, 11) is 0. The molecular formula is C4H7ClN2. The van der Waals surface area contributed by atoms with Crippen molar-refractivity contribution in [2.75, 3.05) is 5.88 Å². The van der Waals surface area contributed by atoms with Crippen LogP contribution in [0.1, 0.15) is 6.42 Å². The Bertz CT molecular complexity index is 73.8.